The number of nitrogens with one attached hydrogen (secondary N) is 1. The van der Waals surface area contributed by atoms with E-state index in [4.69, 9.17) is 18.0 Å². The van der Waals surface area contributed by atoms with Crippen molar-refractivity contribution in [2.75, 3.05) is 23.9 Å². The fourth-order valence-electron chi connectivity index (χ4n) is 1.58. The van der Waals surface area contributed by atoms with Crippen molar-refractivity contribution in [2.45, 2.75) is 25.7 Å². The van der Waals surface area contributed by atoms with E-state index in [1.807, 2.05) is 11.8 Å². The van der Waals surface area contributed by atoms with Crippen LogP contribution in [0.25, 0.3) is 0 Å². The number of thioether (sulfide) groups is 1. The fourth-order valence-corrected chi connectivity index (χ4v) is 2.22. The van der Waals surface area contributed by atoms with Crippen molar-refractivity contribution in [3.63, 3.8) is 0 Å². The summed E-state index contributed by atoms with van der Waals surface area (Å²) in [5, 5.41) is 3.24. The Kier molecular flexibility index (Phi) is 7.68. The molecule has 0 saturated heterocycles. The number of thiocarbonyl (C=S) groups is 1. The number of nitrogens with two attached hydrogens (primary N) is 1. The second kappa shape index (κ2) is 9.10. The number of nitrogens with zero attached hydrogens (tertiary/aromatic N) is 2. The molecule has 1 heterocycles. The fraction of sp³-hybridized carbons (Fsp3) is 0.583. The van der Waals surface area contributed by atoms with Crippen molar-refractivity contribution in [1.29, 1.82) is 0 Å². The average molecular weight is 284 g/mol. The number of hydrogen-bond acceptors (Lipinski definition) is 5. The highest BCUT2D eigenvalue weighted by Gasteiger charge is 2.06. The van der Waals surface area contributed by atoms with Gasteiger partial charge in [0.05, 0.1) is 0 Å². The SMILES string of the molecule is CSCCCCCCNc1nccnc1C(N)=S. The largest absolute Gasteiger partial charge is 0.388 e. The van der Waals surface area contributed by atoms with E-state index in [1.165, 1.54) is 25.0 Å². The van der Waals surface area contributed by atoms with E-state index in [9.17, 15) is 0 Å². The smallest absolute Gasteiger partial charge is 0.155 e. The van der Waals surface area contributed by atoms with Crippen LogP contribution in [0.5, 0.6) is 0 Å². The Morgan fingerprint density at radius 2 is 2.00 bits per heavy atom. The predicted octanol–water partition coefficient (Wildman–Crippen LogP) is 2.45. The zero-order chi connectivity index (χ0) is 13.2. The molecule has 4 nitrogen and oxygen atoms in total. The van der Waals surface area contributed by atoms with Crippen LogP contribution in [-0.2, 0) is 0 Å². The molecule has 0 bridgehead atoms. The van der Waals surface area contributed by atoms with E-state index in [1.54, 1.807) is 12.4 Å². The van der Waals surface area contributed by atoms with Crippen LogP contribution >= 0.6 is 24.0 Å². The van der Waals surface area contributed by atoms with Gasteiger partial charge in [-0.25, -0.2) is 9.97 Å². The number of anilines is 1. The van der Waals surface area contributed by atoms with Gasteiger partial charge < -0.3 is 11.1 Å². The molecule has 0 aliphatic heterocycles. The van der Waals surface area contributed by atoms with Crippen LogP contribution in [0.3, 0.4) is 0 Å². The second-order valence-electron chi connectivity index (χ2n) is 3.95. The summed E-state index contributed by atoms with van der Waals surface area (Å²) in [6.45, 7) is 0.883. The molecule has 0 aliphatic rings. The van der Waals surface area contributed by atoms with Gasteiger partial charge in [-0.1, -0.05) is 25.1 Å². The van der Waals surface area contributed by atoms with Gasteiger partial charge in [-0.15, -0.1) is 0 Å². The van der Waals surface area contributed by atoms with Gasteiger partial charge in [0.15, 0.2) is 5.82 Å². The third kappa shape index (κ3) is 5.64. The molecule has 0 atom stereocenters. The Bertz CT molecular complexity index is 371. The highest BCUT2D eigenvalue weighted by molar-refractivity contribution is 7.98. The lowest BCUT2D eigenvalue weighted by atomic mass is 10.2. The van der Waals surface area contributed by atoms with Crippen molar-refractivity contribution in [1.82, 2.24) is 9.97 Å². The molecule has 0 radical (unpaired) electrons. The summed E-state index contributed by atoms with van der Waals surface area (Å²) in [6, 6.07) is 0. The first-order chi connectivity index (χ1) is 8.75. The Labute approximate surface area is 118 Å². The third-order valence-electron chi connectivity index (χ3n) is 2.50. The first-order valence-corrected chi connectivity index (χ1v) is 7.89. The normalized spacial score (nSPS) is 10.3. The van der Waals surface area contributed by atoms with Crippen LogP contribution < -0.4 is 11.1 Å². The van der Waals surface area contributed by atoms with E-state index < -0.39 is 0 Å². The van der Waals surface area contributed by atoms with Crippen LogP contribution in [-0.4, -0.2) is 33.5 Å². The van der Waals surface area contributed by atoms with Crippen LogP contribution in [0.4, 0.5) is 5.82 Å². The number of aromatic nitrogens is 2. The quantitative estimate of drug-likeness (QED) is 0.536. The standard InChI is InChI=1S/C12H20N4S2/c1-18-9-5-3-2-4-6-15-12-10(11(13)17)14-7-8-16-12/h7-8H,2-6,9H2,1H3,(H2,13,17)(H,15,16). The van der Waals surface area contributed by atoms with E-state index in [0.29, 0.717) is 11.5 Å². The van der Waals surface area contributed by atoms with Crippen molar-refractivity contribution < 1.29 is 0 Å². The maximum absolute atomic E-state index is 5.59. The van der Waals surface area contributed by atoms with Crippen molar-refractivity contribution in [3.8, 4) is 0 Å². The summed E-state index contributed by atoms with van der Waals surface area (Å²) in [5.74, 6) is 1.94. The van der Waals surface area contributed by atoms with Gasteiger partial charge in [0.1, 0.15) is 10.7 Å². The lowest BCUT2D eigenvalue weighted by Gasteiger charge is -2.08. The molecular weight excluding hydrogens is 264 g/mol. The van der Waals surface area contributed by atoms with Crippen molar-refractivity contribution >= 4 is 34.8 Å². The molecule has 0 spiro atoms. The Morgan fingerprint density at radius 1 is 1.28 bits per heavy atom. The summed E-state index contributed by atoms with van der Waals surface area (Å²) < 4.78 is 0. The van der Waals surface area contributed by atoms with Gasteiger partial charge >= 0.3 is 0 Å². The molecule has 0 unspecified atom stereocenters. The molecule has 100 valence electrons. The highest BCUT2D eigenvalue weighted by Crippen LogP contribution is 2.09. The number of rotatable bonds is 9. The van der Waals surface area contributed by atoms with Gasteiger partial charge in [-0.3, -0.25) is 0 Å². The predicted molar refractivity (Wildman–Crippen MR) is 83.3 cm³/mol. The summed E-state index contributed by atoms with van der Waals surface area (Å²) in [6.07, 6.45) is 10.3. The number of unbranched alkanes of at least 4 members (excludes halogenated alkanes) is 3. The van der Waals surface area contributed by atoms with Crippen LogP contribution in [0.15, 0.2) is 12.4 Å². The van der Waals surface area contributed by atoms with Crippen molar-refractivity contribution in [3.05, 3.63) is 18.1 Å². The molecule has 3 N–H and O–H groups in total. The lowest BCUT2D eigenvalue weighted by molar-refractivity contribution is 0.688. The van der Waals surface area contributed by atoms with Gasteiger partial charge in [-0.05, 0) is 24.9 Å². The molecule has 6 heteroatoms. The lowest BCUT2D eigenvalue weighted by Crippen LogP contribution is -2.16. The number of hydrogen-bond donors (Lipinski definition) is 2. The summed E-state index contributed by atoms with van der Waals surface area (Å²) >= 11 is 6.84. The molecule has 0 aromatic carbocycles. The maximum Gasteiger partial charge on any atom is 0.155 e. The monoisotopic (exact) mass is 284 g/mol. The van der Waals surface area contributed by atoms with Gasteiger partial charge in [0.25, 0.3) is 0 Å². The molecule has 18 heavy (non-hydrogen) atoms. The van der Waals surface area contributed by atoms with Gasteiger partial charge in [-0.2, -0.15) is 11.8 Å². The molecular formula is C12H20N4S2. The topological polar surface area (TPSA) is 63.8 Å². The Balaban J connectivity index is 2.25. The average Bonchev–Trinajstić information content (AvgIpc) is 2.38. The van der Waals surface area contributed by atoms with Crippen LogP contribution in [0.1, 0.15) is 31.4 Å². The van der Waals surface area contributed by atoms with E-state index in [-0.39, 0.29) is 4.99 Å². The summed E-state index contributed by atoms with van der Waals surface area (Å²) in [4.78, 5) is 8.61. The van der Waals surface area contributed by atoms with Crippen LogP contribution in [0, 0.1) is 0 Å². The molecule has 1 rings (SSSR count). The second-order valence-corrected chi connectivity index (χ2v) is 5.38. The van der Waals surface area contributed by atoms with E-state index >= 15 is 0 Å². The van der Waals surface area contributed by atoms with Gasteiger partial charge in [0.2, 0.25) is 0 Å². The highest BCUT2D eigenvalue weighted by atomic mass is 32.2. The van der Waals surface area contributed by atoms with Crippen LogP contribution in [0.2, 0.25) is 0 Å². The molecule has 0 fully saturated rings. The third-order valence-corrected chi connectivity index (χ3v) is 3.39. The molecule has 0 aliphatic carbocycles. The molecule has 1 aromatic heterocycles. The van der Waals surface area contributed by atoms with Gasteiger partial charge in [0, 0.05) is 18.9 Å². The zero-order valence-corrected chi connectivity index (χ0v) is 12.3. The Hall–Kier alpha value is -0.880. The van der Waals surface area contributed by atoms with E-state index in [0.717, 1.165) is 13.0 Å². The summed E-state index contributed by atoms with van der Waals surface area (Å²) in [7, 11) is 0. The molecule has 0 saturated carbocycles. The minimum Gasteiger partial charge on any atom is -0.388 e. The minimum atomic E-state index is 0.283. The first kappa shape index (κ1) is 15.2. The van der Waals surface area contributed by atoms with Crippen molar-refractivity contribution in [2.24, 2.45) is 5.73 Å². The summed E-state index contributed by atoms with van der Waals surface area (Å²) in [5.41, 5.74) is 6.17. The zero-order valence-electron chi connectivity index (χ0n) is 10.7. The first-order valence-electron chi connectivity index (χ1n) is 6.09. The molecule has 1 aromatic rings. The maximum atomic E-state index is 5.59. The Morgan fingerprint density at radius 3 is 2.72 bits per heavy atom. The minimum absolute atomic E-state index is 0.283. The van der Waals surface area contributed by atoms with E-state index in [2.05, 4.69) is 21.5 Å². The molecule has 0 amide bonds.